The first-order valence-electron chi connectivity index (χ1n) is 8.59. The first-order chi connectivity index (χ1) is 11.4. The van der Waals surface area contributed by atoms with Gasteiger partial charge in [0.05, 0.1) is 0 Å². The standard InChI is InChI=1S/C19H25BrN2OS/c1-12(13(2)24-18(21)22)16-11-19(8-4-3-5-9-19)23-17-7-6-14(20)10-15(16)17/h6-7,10,13H,3-5,8-9,11H2,1-2H3,(H3,21,22). The van der Waals surface area contributed by atoms with Gasteiger partial charge in [-0.25, -0.2) is 0 Å². The van der Waals surface area contributed by atoms with E-state index in [4.69, 9.17) is 15.9 Å². The maximum Gasteiger partial charge on any atom is 0.151 e. The van der Waals surface area contributed by atoms with Crippen LogP contribution in [0.4, 0.5) is 0 Å². The van der Waals surface area contributed by atoms with Crippen LogP contribution in [0.3, 0.4) is 0 Å². The van der Waals surface area contributed by atoms with Gasteiger partial charge in [0, 0.05) is 21.7 Å². The first kappa shape index (κ1) is 17.9. The number of nitrogens with two attached hydrogens (primary N) is 1. The largest absolute Gasteiger partial charge is 0.486 e. The normalized spacial score (nSPS) is 22.5. The summed E-state index contributed by atoms with van der Waals surface area (Å²) in [4.78, 5) is 0. The van der Waals surface area contributed by atoms with Crippen molar-refractivity contribution in [3.8, 4) is 5.75 Å². The summed E-state index contributed by atoms with van der Waals surface area (Å²) >= 11 is 5.02. The Bertz CT molecular complexity index is 680. The number of rotatable bonds is 2. The monoisotopic (exact) mass is 408 g/mol. The van der Waals surface area contributed by atoms with Crippen molar-refractivity contribution < 1.29 is 4.74 Å². The second-order valence-electron chi connectivity index (χ2n) is 6.95. The number of ether oxygens (including phenoxy) is 1. The van der Waals surface area contributed by atoms with Crippen molar-refractivity contribution in [1.82, 2.24) is 0 Å². The molecule has 1 heterocycles. The van der Waals surface area contributed by atoms with Gasteiger partial charge in [0.2, 0.25) is 0 Å². The highest BCUT2D eigenvalue weighted by Gasteiger charge is 2.40. The molecule has 1 aliphatic heterocycles. The molecule has 5 heteroatoms. The number of nitrogens with one attached hydrogen (secondary N) is 1. The predicted molar refractivity (Wildman–Crippen MR) is 107 cm³/mol. The lowest BCUT2D eigenvalue weighted by atomic mass is 9.76. The summed E-state index contributed by atoms with van der Waals surface area (Å²) in [6.45, 7) is 4.32. The third-order valence-corrected chi connectivity index (χ3v) is 6.70. The minimum Gasteiger partial charge on any atom is -0.486 e. The topological polar surface area (TPSA) is 59.1 Å². The lowest BCUT2D eigenvalue weighted by molar-refractivity contribution is 0.0289. The second-order valence-corrected chi connectivity index (χ2v) is 9.25. The highest BCUT2D eigenvalue weighted by molar-refractivity contribution is 9.10. The van der Waals surface area contributed by atoms with Crippen LogP contribution in [0.2, 0.25) is 0 Å². The van der Waals surface area contributed by atoms with Crippen LogP contribution in [0.5, 0.6) is 5.75 Å². The van der Waals surface area contributed by atoms with Crippen molar-refractivity contribution in [2.24, 2.45) is 5.73 Å². The summed E-state index contributed by atoms with van der Waals surface area (Å²) in [7, 11) is 0. The zero-order valence-corrected chi connectivity index (χ0v) is 16.7. The number of halogens is 1. The van der Waals surface area contributed by atoms with Gasteiger partial charge in [-0.2, -0.15) is 0 Å². The summed E-state index contributed by atoms with van der Waals surface area (Å²) in [6.07, 6.45) is 7.03. The Labute approximate surface area is 157 Å². The van der Waals surface area contributed by atoms with Crippen LogP contribution in [0.15, 0.2) is 28.2 Å². The third-order valence-electron chi connectivity index (χ3n) is 5.25. The van der Waals surface area contributed by atoms with Crippen LogP contribution in [0, 0.1) is 5.41 Å². The third kappa shape index (κ3) is 3.67. The van der Waals surface area contributed by atoms with Crippen LogP contribution < -0.4 is 10.5 Å². The van der Waals surface area contributed by atoms with Crippen molar-refractivity contribution >= 4 is 38.4 Å². The molecule has 1 aliphatic carbocycles. The fourth-order valence-corrected chi connectivity index (χ4v) is 4.93. The maximum absolute atomic E-state index is 7.59. The number of thioether (sulfide) groups is 1. The average molecular weight is 409 g/mol. The Morgan fingerprint density at radius 1 is 1.33 bits per heavy atom. The van der Waals surface area contributed by atoms with Gasteiger partial charge in [0.25, 0.3) is 0 Å². The van der Waals surface area contributed by atoms with Gasteiger partial charge < -0.3 is 10.5 Å². The van der Waals surface area contributed by atoms with E-state index in [1.54, 1.807) is 0 Å². The number of fused-ring (bicyclic) bond motifs is 1. The zero-order valence-electron chi connectivity index (χ0n) is 14.3. The highest BCUT2D eigenvalue weighted by Crippen LogP contribution is 2.49. The van der Waals surface area contributed by atoms with Crippen molar-refractivity contribution in [2.45, 2.75) is 63.2 Å². The van der Waals surface area contributed by atoms with Gasteiger partial charge in [-0.05, 0) is 63.3 Å². The summed E-state index contributed by atoms with van der Waals surface area (Å²) < 4.78 is 7.60. The number of hydrogen-bond acceptors (Lipinski definition) is 3. The van der Waals surface area contributed by atoms with Crippen LogP contribution >= 0.6 is 27.7 Å². The molecule has 3 N–H and O–H groups in total. The number of amidine groups is 1. The predicted octanol–water partition coefficient (Wildman–Crippen LogP) is 5.72. The van der Waals surface area contributed by atoms with E-state index in [1.165, 1.54) is 47.7 Å². The van der Waals surface area contributed by atoms with Gasteiger partial charge in [0.15, 0.2) is 5.17 Å². The van der Waals surface area contributed by atoms with Gasteiger partial charge >= 0.3 is 0 Å². The fourth-order valence-electron chi connectivity index (χ4n) is 3.86. The summed E-state index contributed by atoms with van der Waals surface area (Å²) in [5, 5.41) is 7.96. The summed E-state index contributed by atoms with van der Waals surface area (Å²) in [5.74, 6) is 1.00. The molecule has 1 spiro atoms. The molecule has 0 aromatic heterocycles. The number of hydrogen-bond donors (Lipinski definition) is 2. The van der Waals surface area contributed by atoms with Gasteiger partial charge in [-0.1, -0.05) is 39.7 Å². The van der Waals surface area contributed by atoms with Gasteiger partial charge in [0.1, 0.15) is 11.4 Å². The van der Waals surface area contributed by atoms with Crippen LogP contribution in [-0.2, 0) is 0 Å². The van der Waals surface area contributed by atoms with E-state index in [9.17, 15) is 0 Å². The van der Waals surface area contributed by atoms with E-state index in [0.29, 0.717) is 0 Å². The SMILES string of the molecule is CC(=C1CC2(CCCCC2)Oc2ccc(Br)cc21)C(C)SC(=N)N. The molecule has 24 heavy (non-hydrogen) atoms. The van der Waals surface area contributed by atoms with E-state index in [0.717, 1.165) is 29.5 Å². The molecule has 1 saturated carbocycles. The second kappa shape index (κ2) is 7.12. The Morgan fingerprint density at radius 3 is 2.71 bits per heavy atom. The Morgan fingerprint density at radius 2 is 2.04 bits per heavy atom. The Hall–Kier alpha value is -0.940. The van der Waals surface area contributed by atoms with E-state index < -0.39 is 0 Å². The molecule has 1 aromatic rings. The lowest BCUT2D eigenvalue weighted by Gasteiger charge is -2.43. The van der Waals surface area contributed by atoms with Crippen molar-refractivity contribution in [2.75, 3.05) is 0 Å². The molecule has 3 nitrogen and oxygen atoms in total. The maximum atomic E-state index is 7.59. The molecular weight excluding hydrogens is 384 g/mol. The van der Waals surface area contributed by atoms with Crippen molar-refractivity contribution in [3.63, 3.8) is 0 Å². The molecule has 130 valence electrons. The van der Waals surface area contributed by atoms with E-state index in [-0.39, 0.29) is 16.0 Å². The van der Waals surface area contributed by atoms with Crippen molar-refractivity contribution in [1.29, 1.82) is 5.41 Å². The van der Waals surface area contributed by atoms with Crippen LogP contribution in [0.1, 0.15) is 57.9 Å². The quantitative estimate of drug-likeness (QED) is 0.485. The average Bonchev–Trinajstić information content (AvgIpc) is 2.54. The van der Waals surface area contributed by atoms with E-state index >= 15 is 0 Å². The van der Waals surface area contributed by atoms with Crippen LogP contribution in [-0.4, -0.2) is 16.0 Å². The van der Waals surface area contributed by atoms with Gasteiger partial charge in [-0.15, -0.1) is 0 Å². The molecule has 0 bridgehead atoms. The summed E-state index contributed by atoms with van der Waals surface area (Å²) in [5.41, 5.74) is 9.43. The molecule has 0 amide bonds. The molecule has 1 atom stereocenters. The van der Waals surface area contributed by atoms with E-state index in [2.05, 4.69) is 48.0 Å². The molecule has 0 saturated heterocycles. The number of benzene rings is 1. The first-order valence-corrected chi connectivity index (χ1v) is 10.3. The van der Waals surface area contributed by atoms with Crippen molar-refractivity contribution in [3.05, 3.63) is 33.8 Å². The lowest BCUT2D eigenvalue weighted by Crippen LogP contribution is -2.41. The smallest absolute Gasteiger partial charge is 0.151 e. The Kier molecular flexibility index (Phi) is 5.30. The van der Waals surface area contributed by atoms with Crippen LogP contribution in [0.25, 0.3) is 5.57 Å². The molecule has 1 unspecified atom stereocenters. The minimum atomic E-state index is -0.0454. The zero-order chi connectivity index (χ0) is 17.3. The van der Waals surface area contributed by atoms with Gasteiger partial charge in [-0.3, -0.25) is 5.41 Å². The highest BCUT2D eigenvalue weighted by atomic mass is 79.9. The van der Waals surface area contributed by atoms with E-state index in [1.807, 2.05) is 0 Å². The molecule has 3 rings (SSSR count). The summed E-state index contributed by atoms with van der Waals surface area (Å²) in [6, 6.07) is 6.31. The molecule has 0 radical (unpaired) electrons. The molecule has 2 aliphatic rings. The fraction of sp³-hybridized carbons (Fsp3) is 0.526. The molecule has 1 aromatic carbocycles. The molecular formula is C19H25BrN2OS. The Balaban J connectivity index is 2.05. The minimum absolute atomic E-state index is 0.0454. The molecule has 1 fully saturated rings.